The van der Waals surface area contributed by atoms with Gasteiger partial charge in [-0.2, -0.15) is 0 Å². The number of hydrogen-bond acceptors (Lipinski definition) is 6. The predicted molar refractivity (Wildman–Crippen MR) is 183 cm³/mol. The molecule has 0 radical (unpaired) electrons. The third-order valence-electron chi connectivity index (χ3n) is 7.51. The monoisotopic (exact) mass is 670 g/mol. The summed E-state index contributed by atoms with van der Waals surface area (Å²) in [6.45, 7) is 1.68. The van der Waals surface area contributed by atoms with Gasteiger partial charge in [0.1, 0.15) is 18.7 Å². The van der Waals surface area contributed by atoms with E-state index in [9.17, 15) is 24.3 Å². The van der Waals surface area contributed by atoms with Crippen molar-refractivity contribution >= 4 is 35.4 Å². The lowest BCUT2D eigenvalue weighted by Gasteiger charge is -2.27. The van der Waals surface area contributed by atoms with Crippen LogP contribution in [-0.4, -0.2) is 53.2 Å². The van der Waals surface area contributed by atoms with E-state index in [-0.39, 0.29) is 26.0 Å². The first kappa shape index (κ1) is 35.7. The molecule has 5 N–H and O–H groups in total. The van der Waals surface area contributed by atoms with Gasteiger partial charge in [0.05, 0.1) is 6.04 Å². The normalized spacial score (nSPS) is 13.2. The number of alkyl carbamates (subject to hydrolysis) is 1. The minimum Gasteiger partial charge on any atom is -0.445 e. The zero-order chi connectivity index (χ0) is 34.3. The first-order chi connectivity index (χ1) is 23.2. The molecule has 10 nitrogen and oxygen atoms in total. The second-order valence-corrected chi connectivity index (χ2v) is 11.7. The number of carbonyl (C=O) groups excluding carboxylic acids is 4. The highest BCUT2D eigenvalue weighted by Crippen LogP contribution is 2.13. The summed E-state index contributed by atoms with van der Waals surface area (Å²) in [5.74, 6) is -1.93. The lowest BCUT2D eigenvalue weighted by atomic mass is 9.99. The van der Waals surface area contributed by atoms with Gasteiger partial charge in [-0.25, -0.2) is 4.79 Å². The number of nitrogens with one attached hydrogen (secondary N) is 4. The van der Waals surface area contributed by atoms with E-state index < -0.39 is 48.0 Å². The Balaban J connectivity index is 1.46. The summed E-state index contributed by atoms with van der Waals surface area (Å²) in [5.41, 5.74) is 3.11. The van der Waals surface area contributed by atoms with E-state index in [2.05, 4.69) is 21.3 Å². The molecule has 0 bridgehead atoms. The summed E-state index contributed by atoms with van der Waals surface area (Å²) in [6, 6.07) is 31.0. The van der Waals surface area contributed by atoms with Crippen LogP contribution >= 0.6 is 11.6 Å². The molecule has 0 aliphatic rings. The van der Waals surface area contributed by atoms with Crippen LogP contribution in [0, 0.1) is 0 Å². The fourth-order valence-corrected chi connectivity index (χ4v) is 4.96. The van der Waals surface area contributed by atoms with Crippen LogP contribution in [0.2, 0.25) is 5.02 Å². The summed E-state index contributed by atoms with van der Waals surface area (Å²) in [5, 5.41) is 22.4. The van der Waals surface area contributed by atoms with Crippen molar-refractivity contribution < 1.29 is 29.0 Å². The van der Waals surface area contributed by atoms with Gasteiger partial charge >= 0.3 is 6.09 Å². The van der Waals surface area contributed by atoms with Gasteiger partial charge in [0.15, 0.2) is 6.10 Å². The minimum absolute atomic E-state index is 0.0205. The summed E-state index contributed by atoms with van der Waals surface area (Å²) < 4.78 is 5.23. The van der Waals surface area contributed by atoms with Crippen LogP contribution in [0.25, 0.3) is 0 Å². The molecular formula is C37H39ClN4O6. The summed E-state index contributed by atoms with van der Waals surface area (Å²) >= 11 is 6.06. The number of carbonyl (C=O) groups is 4. The third kappa shape index (κ3) is 11.6. The van der Waals surface area contributed by atoms with Crippen LogP contribution < -0.4 is 21.3 Å². The van der Waals surface area contributed by atoms with Crippen molar-refractivity contribution in [3.8, 4) is 0 Å². The number of halogens is 1. The van der Waals surface area contributed by atoms with Crippen molar-refractivity contribution in [3.05, 3.63) is 143 Å². The van der Waals surface area contributed by atoms with E-state index in [0.29, 0.717) is 10.6 Å². The molecule has 0 heterocycles. The van der Waals surface area contributed by atoms with Crippen LogP contribution in [0.4, 0.5) is 4.79 Å². The number of benzene rings is 4. The van der Waals surface area contributed by atoms with Crippen molar-refractivity contribution in [1.29, 1.82) is 0 Å². The first-order valence-corrected chi connectivity index (χ1v) is 15.9. The highest BCUT2D eigenvalue weighted by Gasteiger charge is 2.32. The maximum Gasteiger partial charge on any atom is 0.408 e. The van der Waals surface area contributed by atoms with Crippen LogP contribution in [0.3, 0.4) is 0 Å². The van der Waals surface area contributed by atoms with Crippen molar-refractivity contribution in [2.24, 2.45) is 0 Å². The molecule has 0 aliphatic carbocycles. The van der Waals surface area contributed by atoms with Gasteiger partial charge in [0, 0.05) is 18.0 Å². The second kappa shape index (κ2) is 18.2. The maximum absolute atomic E-state index is 13.9. The van der Waals surface area contributed by atoms with Crippen molar-refractivity contribution in [2.75, 3.05) is 0 Å². The van der Waals surface area contributed by atoms with E-state index in [4.69, 9.17) is 16.3 Å². The van der Waals surface area contributed by atoms with Gasteiger partial charge in [-0.3, -0.25) is 14.4 Å². The summed E-state index contributed by atoms with van der Waals surface area (Å²) in [6.07, 6.45) is -2.20. The van der Waals surface area contributed by atoms with E-state index in [1.54, 1.807) is 36.4 Å². The molecule has 250 valence electrons. The van der Waals surface area contributed by atoms with E-state index >= 15 is 0 Å². The molecule has 0 spiro atoms. The standard InChI is InChI=1S/C37H39ClN4O6/c1-25(40-37(47)48-24-29-15-9-4-10-16-29)34(44)42-32(22-27-17-19-30(38)20-18-27)35(45)41-31(21-26-11-5-2-6-12-26)33(43)36(46)39-23-28-13-7-3-8-14-28/h2-20,25,31-33,43H,21-24H2,1H3,(H,39,46)(H,40,47)(H,41,45)(H,42,44)/t25?,31-,32-,33-/m0/s1. The Morgan fingerprint density at radius 3 is 1.79 bits per heavy atom. The Morgan fingerprint density at radius 2 is 1.19 bits per heavy atom. The third-order valence-corrected chi connectivity index (χ3v) is 7.76. The molecule has 48 heavy (non-hydrogen) atoms. The molecule has 11 heteroatoms. The maximum atomic E-state index is 13.9. The van der Waals surface area contributed by atoms with Gasteiger partial charge in [-0.1, -0.05) is 115 Å². The highest BCUT2D eigenvalue weighted by atomic mass is 35.5. The van der Waals surface area contributed by atoms with Gasteiger partial charge in [0.25, 0.3) is 5.91 Å². The molecule has 0 saturated heterocycles. The topological polar surface area (TPSA) is 146 Å². The molecular weight excluding hydrogens is 632 g/mol. The van der Waals surface area contributed by atoms with Crippen LogP contribution in [0.5, 0.6) is 0 Å². The number of rotatable bonds is 15. The molecule has 4 amide bonds. The Bertz CT molecular complexity index is 1620. The summed E-state index contributed by atoms with van der Waals surface area (Å²) in [4.78, 5) is 52.6. The number of aliphatic hydroxyl groups excluding tert-OH is 1. The number of ether oxygens (including phenoxy) is 1. The molecule has 4 rings (SSSR count). The predicted octanol–water partition coefficient (Wildman–Crippen LogP) is 4.09. The number of amides is 4. The quantitative estimate of drug-likeness (QED) is 0.129. The molecule has 4 aromatic rings. The fraction of sp³-hybridized carbons (Fsp3) is 0.243. The van der Waals surface area contributed by atoms with Crippen molar-refractivity contribution in [2.45, 2.75) is 57.1 Å². The molecule has 0 fully saturated rings. The zero-order valence-electron chi connectivity index (χ0n) is 26.5. The van der Waals surface area contributed by atoms with Crippen LogP contribution in [-0.2, 0) is 45.1 Å². The highest BCUT2D eigenvalue weighted by molar-refractivity contribution is 6.30. The molecule has 0 aromatic heterocycles. The average molecular weight is 671 g/mol. The summed E-state index contributed by atoms with van der Waals surface area (Å²) in [7, 11) is 0. The minimum atomic E-state index is -1.61. The van der Waals surface area contributed by atoms with Gasteiger partial charge in [0.2, 0.25) is 11.8 Å². The van der Waals surface area contributed by atoms with Crippen LogP contribution in [0.1, 0.15) is 29.2 Å². The molecule has 0 saturated carbocycles. The van der Waals surface area contributed by atoms with Crippen molar-refractivity contribution in [3.63, 3.8) is 0 Å². The largest absolute Gasteiger partial charge is 0.445 e. The SMILES string of the molecule is CC(NC(=O)OCc1ccccc1)C(=O)N[C@@H](Cc1ccc(Cl)cc1)C(=O)N[C@@H](Cc1ccccc1)[C@H](O)C(=O)NCc1ccccc1. The first-order valence-electron chi connectivity index (χ1n) is 15.5. The lowest BCUT2D eigenvalue weighted by Crippen LogP contribution is -2.58. The van der Waals surface area contributed by atoms with Gasteiger partial charge < -0.3 is 31.1 Å². The second-order valence-electron chi connectivity index (χ2n) is 11.3. The van der Waals surface area contributed by atoms with E-state index in [1.165, 1.54) is 6.92 Å². The smallest absolute Gasteiger partial charge is 0.408 e. The Morgan fingerprint density at radius 1 is 0.646 bits per heavy atom. The molecule has 4 aromatic carbocycles. The number of aliphatic hydroxyl groups is 1. The fourth-order valence-electron chi connectivity index (χ4n) is 4.83. The Hall–Kier alpha value is -5.19. The average Bonchev–Trinajstić information content (AvgIpc) is 3.11. The Labute approximate surface area is 284 Å². The van der Waals surface area contributed by atoms with Gasteiger partial charge in [-0.05, 0) is 47.7 Å². The molecule has 4 atom stereocenters. The van der Waals surface area contributed by atoms with E-state index in [0.717, 1.165) is 16.7 Å². The molecule has 1 unspecified atom stereocenters. The lowest BCUT2D eigenvalue weighted by molar-refractivity contribution is -0.134. The van der Waals surface area contributed by atoms with Crippen molar-refractivity contribution in [1.82, 2.24) is 21.3 Å². The van der Waals surface area contributed by atoms with E-state index in [1.807, 2.05) is 78.9 Å². The Kier molecular flexibility index (Phi) is 13.5. The van der Waals surface area contributed by atoms with Crippen LogP contribution in [0.15, 0.2) is 115 Å². The number of hydrogen-bond donors (Lipinski definition) is 5. The molecule has 0 aliphatic heterocycles. The van der Waals surface area contributed by atoms with Gasteiger partial charge in [-0.15, -0.1) is 0 Å². The zero-order valence-corrected chi connectivity index (χ0v) is 27.2.